The first-order valence-corrected chi connectivity index (χ1v) is 7.49. The Labute approximate surface area is 129 Å². The molecule has 0 saturated carbocycles. The van der Waals surface area contributed by atoms with Gasteiger partial charge in [-0.1, -0.05) is 29.8 Å². The molecule has 1 heterocycles. The van der Waals surface area contributed by atoms with Crippen molar-refractivity contribution < 1.29 is 4.79 Å². The highest BCUT2D eigenvalue weighted by molar-refractivity contribution is 6.34. The Morgan fingerprint density at radius 3 is 2.81 bits per heavy atom. The molecule has 0 atom stereocenters. The third kappa shape index (κ3) is 2.74. The second kappa shape index (κ2) is 5.78. The number of fused-ring (bicyclic) bond motifs is 1. The smallest absolute Gasteiger partial charge is 0.259 e. The number of carbonyl (C=O) groups excluding carboxylic acids is 1. The van der Waals surface area contributed by atoms with Crippen molar-refractivity contribution in [2.75, 3.05) is 17.2 Å². The van der Waals surface area contributed by atoms with Gasteiger partial charge >= 0.3 is 0 Å². The molecule has 0 bridgehead atoms. The van der Waals surface area contributed by atoms with Gasteiger partial charge in [-0.05, 0) is 49.1 Å². The lowest BCUT2D eigenvalue weighted by atomic mass is 10.1. The molecule has 108 valence electrons. The minimum atomic E-state index is -0.0818. The van der Waals surface area contributed by atoms with E-state index in [0.717, 1.165) is 24.9 Å². The van der Waals surface area contributed by atoms with E-state index in [1.54, 1.807) is 18.2 Å². The zero-order valence-corrected chi connectivity index (χ0v) is 12.4. The molecule has 1 amide bonds. The van der Waals surface area contributed by atoms with Crippen LogP contribution in [-0.4, -0.2) is 12.5 Å². The third-order valence-corrected chi connectivity index (χ3v) is 4.16. The number of anilines is 2. The van der Waals surface area contributed by atoms with E-state index in [1.807, 2.05) is 23.1 Å². The summed E-state index contributed by atoms with van der Waals surface area (Å²) in [5.41, 5.74) is 9.00. The van der Waals surface area contributed by atoms with Crippen molar-refractivity contribution >= 4 is 28.9 Å². The van der Waals surface area contributed by atoms with Gasteiger partial charge in [-0.3, -0.25) is 4.79 Å². The lowest BCUT2D eigenvalue weighted by Crippen LogP contribution is -2.32. The van der Waals surface area contributed by atoms with Gasteiger partial charge in [0.1, 0.15) is 0 Å². The molecule has 1 aliphatic rings. The maximum absolute atomic E-state index is 12.9. The van der Waals surface area contributed by atoms with Crippen LogP contribution in [0.4, 0.5) is 11.4 Å². The predicted octanol–water partition coefficient (Wildman–Crippen LogP) is 3.91. The van der Waals surface area contributed by atoms with Gasteiger partial charge in [-0.25, -0.2) is 0 Å². The van der Waals surface area contributed by atoms with Crippen molar-refractivity contribution in [2.45, 2.75) is 19.3 Å². The number of para-hydroxylation sites is 1. The first-order chi connectivity index (χ1) is 10.2. The third-order valence-electron chi connectivity index (χ3n) is 3.83. The number of amides is 1. The molecule has 2 aromatic carbocycles. The maximum atomic E-state index is 12.9. The lowest BCUT2D eigenvalue weighted by Gasteiger charge is -2.23. The Bertz CT molecular complexity index is 684. The number of nitrogens with zero attached hydrogens (tertiary/aromatic N) is 1. The van der Waals surface area contributed by atoms with Crippen molar-refractivity contribution in [3.8, 4) is 0 Å². The van der Waals surface area contributed by atoms with Gasteiger partial charge in [0.05, 0.1) is 10.6 Å². The number of halogens is 1. The minimum Gasteiger partial charge on any atom is -0.399 e. The monoisotopic (exact) mass is 300 g/mol. The average Bonchev–Trinajstić information content (AvgIpc) is 2.71. The summed E-state index contributed by atoms with van der Waals surface area (Å²) in [4.78, 5) is 14.7. The molecule has 0 unspecified atom stereocenters. The molecule has 0 aliphatic carbocycles. The molecule has 0 saturated heterocycles. The van der Waals surface area contributed by atoms with E-state index in [-0.39, 0.29) is 5.91 Å². The Balaban J connectivity index is 2.03. The highest BCUT2D eigenvalue weighted by Gasteiger charge is 2.23. The summed E-state index contributed by atoms with van der Waals surface area (Å²) < 4.78 is 0. The minimum absolute atomic E-state index is 0.0818. The summed E-state index contributed by atoms with van der Waals surface area (Å²) >= 11 is 6.18. The van der Waals surface area contributed by atoms with Gasteiger partial charge in [0.2, 0.25) is 0 Å². The van der Waals surface area contributed by atoms with Crippen LogP contribution in [-0.2, 0) is 6.42 Å². The van der Waals surface area contributed by atoms with Gasteiger partial charge in [0, 0.05) is 17.9 Å². The summed E-state index contributed by atoms with van der Waals surface area (Å²) in [5.74, 6) is -0.0818. The molecular weight excluding hydrogens is 284 g/mol. The first kappa shape index (κ1) is 14.0. The number of hydrogen-bond acceptors (Lipinski definition) is 2. The maximum Gasteiger partial charge on any atom is 0.259 e. The predicted molar refractivity (Wildman–Crippen MR) is 86.9 cm³/mol. The highest BCUT2D eigenvalue weighted by Crippen LogP contribution is 2.29. The topological polar surface area (TPSA) is 46.3 Å². The Hall–Kier alpha value is -2.00. The first-order valence-electron chi connectivity index (χ1n) is 7.11. The van der Waals surface area contributed by atoms with Crippen LogP contribution in [0.3, 0.4) is 0 Å². The summed E-state index contributed by atoms with van der Waals surface area (Å²) in [6, 6.07) is 13.1. The molecule has 0 aromatic heterocycles. The van der Waals surface area contributed by atoms with E-state index < -0.39 is 0 Å². The highest BCUT2D eigenvalue weighted by atomic mass is 35.5. The average molecular weight is 301 g/mol. The zero-order chi connectivity index (χ0) is 14.8. The Morgan fingerprint density at radius 1 is 1.14 bits per heavy atom. The standard InChI is InChI=1S/C17H17ClN2O/c18-15-9-8-13(19)11-14(15)17(21)20-10-4-3-6-12-5-1-2-7-16(12)20/h1-2,5,7-9,11H,3-4,6,10,19H2. The van der Waals surface area contributed by atoms with Gasteiger partial charge in [-0.2, -0.15) is 0 Å². The van der Waals surface area contributed by atoms with Crippen molar-refractivity contribution in [1.29, 1.82) is 0 Å². The van der Waals surface area contributed by atoms with Gasteiger partial charge in [0.25, 0.3) is 5.91 Å². The molecule has 3 nitrogen and oxygen atoms in total. The van der Waals surface area contributed by atoms with Crippen molar-refractivity contribution in [1.82, 2.24) is 0 Å². The molecule has 4 heteroatoms. The largest absolute Gasteiger partial charge is 0.399 e. The number of carbonyl (C=O) groups is 1. The van der Waals surface area contributed by atoms with E-state index in [0.29, 0.717) is 22.8 Å². The van der Waals surface area contributed by atoms with Crippen LogP contribution in [0.5, 0.6) is 0 Å². The quantitative estimate of drug-likeness (QED) is 0.812. The SMILES string of the molecule is Nc1ccc(Cl)c(C(=O)N2CCCCc3ccccc32)c1. The Morgan fingerprint density at radius 2 is 1.95 bits per heavy atom. The second-order valence-corrected chi connectivity index (χ2v) is 5.69. The molecule has 0 fully saturated rings. The summed E-state index contributed by atoms with van der Waals surface area (Å²) in [5, 5.41) is 0.441. The van der Waals surface area contributed by atoms with E-state index in [9.17, 15) is 4.79 Å². The van der Waals surface area contributed by atoms with E-state index in [4.69, 9.17) is 17.3 Å². The van der Waals surface area contributed by atoms with Crippen LogP contribution in [0, 0.1) is 0 Å². The summed E-state index contributed by atoms with van der Waals surface area (Å²) in [6.07, 6.45) is 3.08. The fourth-order valence-corrected chi connectivity index (χ4v) is 2.95. The normalized spacial score (nSPS) is 14.4. The van der Waals surface area contributed by atoms with Crippen LogP contribution in [0.2, 0.25) is 5.02 Å². The summed E-state index contributed by atoms with van der Waals surface area (Å²) in [6.45, 7) is 0.709. The summed E-state index contributed by atoms with van der Waals surface area (Å²) in [7, 11) is 0. The fourth-order valence-electron chi connectivity index (χ4n) is 2.75. The molecule has 2 N–H and O–H groups in total. The van der Waals surface area contributed by atoms with Crippen molar-refractivity contribution in [3.05, 3.63) is 58.6 Å². The lowest BCUT2D eigenvalue weighted by molar-refractivity contribution is 0.0987. The van der Waals surface area contributed by atoms with Crippen LogP contribution in [0.1, 0.15) is 28.8 Å². The molecular formula is C17H17ClN2O. The Kier molecular flexibility index (Phi) is 3.84. The molecule has 2 aromatic rings. The number of nitrogens with two attached hydrogens (primary N) is 1. The van der Waals surface area contributed by atoms with Crippen LogP contribution < -0.4 is 10.6 Å². The number of benzene rings is 2. The van der Waals surface area contributed by atoms with E-state index in [1.165, 1.54) is 5.56 Å². The van der Waals surface area contributed by atoms with Gasteiger partial charge in [-0.15, -0.1) is 0 Å². The molecule has 1 aliphatic heterocycles. The number of hydrogen-bond donors (Lipinski definition) is 1. The molecule has 0 spiro atoms. The van der Waals surface area contributed by atoms with Crippen LogP contribution in [0.25, 0.3) is 0 Å². The van der Waals surface area contributed by atoms with Crippen LogP contribution >= 0.6 is 11.6 Å². The van der Waals surface area contributed by atoms with Gasteiger partial charge < -0.3 is 10.6 Å². The van der Waals surface area contributed by atoms with Gasteiger partial charge in [0.15, 0.2) is 0 Å². The zero-order valence-electron chi connectivity index (χ0n) is 11.7. The second-order valence-electron chi connectivity index (χ2n) is 5.28. The molecule has 21 heavy (non-hydrogen) atoms. The van der Waals surface area contributed by atoms with Crippen LogP contribution in [0.15, 0.2) is 42.5 Å². The van der Waals surface area contributed by atoms with Crippen molar-refractivity contribution in [2.24, 2.45) is 0 Å². The molecule has 0 radical (unpaired) electrons. The fraction of sp³-hybridized carbons (Fsp3) is 0.235. The number of aryl methyl sites for hydroxylation is 1. The van der Waals surface area contributed by atoms with E-state index >= 15 is 0 Å². The van der Waals surface area contributed by atoms with Crippen molar-refractivity contribution in [3.63, 3.8) is 0 Å². The molecule has 3 rings (SSSR count). The number of nitrogen functional groups attached to an aromatic ring is 1. The number of rotatable bonds is 1. The van der Waals surface area contributed by atoms with E-state index in [2.05, 4.69) is 6.07 Å².